The van der Waals surface area contributed by atoms with E-state index >= 15 is 0 Å². The highest BCUT2D eigenvalue weighted by molar-refractivity contribution is 7.81. The number of hydrogen-bond donors (Lipinski definition) is 2. The molecular weight excluding hydrogens is 196 g/mol. The number of anilines is 1. The molecule has 0 aliphatic carbocycles. The molecule has 0 radical (unpaired) electrons. The van der Waals surface area contributed by atoms with Crippen LogP contribution in [0.25, 0.3) is 0 Å². The fourth-order valence-electron chi connectivity index (χ4n) is 1.28. The van der Waals surface area contributed by atoms with Crippen molar-refractivity contribution in [3.05, 3.63) is 29.3 Å². The summed E-state index contributed by atoms with van der Waals surface area (Å²) in [4.78, 5) is 11.0. The van der Waals surface area contributed by atoms with Gasteiger partial charge in [0.2, 0.25) is 5.91 Å². The van der Waals surface area contributed by atoms with E-state index in [2.05, 4.69) is 17.9 Å². The highest BCUT2D eigenvalue weighted by Gasteiger charge is 2.32. The monoisotopic (exact) mass is 201 g/mol. The molecule has 1 aromatic carbocycles. The summed E-state index contributed by atoms with van der Waals surface area (Å²) < 4.78 is 26.1. The minimum Gasteiger partial charge on any atom is -0.322 e. The maximum atomic E-state index is 13.1. The first-order valence-electron chi connectivity index (χ1n) is 3.58. The Labute approximate surface area is 78.4 Å². The average Bonchev–Trinajstić information content (AvgIpc) is 2.38. The van der Waals surface area contributed by atoms with E-state index in [4.69, 9.17) is 0 Å². The third-order valence-corrected chi connectivity index (χ3v) is 2.40. The number of benzene rings is 1. The lowest BCUT2D eigenvalue weighted by molar-refractivity contribution is -0.115. The Morgan fingerprint density at radius 3 is 2.54 bits per heavy atom. The summed E-state index contributed by atoms with van der Waals surface area (Å²) in [5.41, 5.74) is -0.0988. The second-order valence-electron chi connectivity index (χ2n) is 2.71. The lowest BCUT2D eigenvalue weighted by Crippen LogP contribution is -2.07. The Bertz CT molecular complexity index is 394. The molecule has 0 saturated heterocycles. The summed E-state index contributed by atoms with van der Waals surface area (Å²) >= 11 is 3.86. The minimum absolute atomic E-state index is 0.00617. The van der Waals surface area contributed by atoms with Crippen LogP contribution in [-0.4, -0.2) is 5.91 Å². The standard InChI is InChI=1S/C8H5F2NOS/c9-3-1-2-4(10)6-5(3)7(13)8(12)11-6/h1-2,7,13H,(H,11,12). The van der Waals surface area contributed by atoms with Crippen LogP contribution in [0, 0.1) is 11.6 Å². The van der Waals surface area contributed by atoms with Gasteiger partial charge in [0, 0.05) is 5.56 Å². The maximum Gasteiger partial charge on any atom is 0.242 e. The van der Waals surface area contributed by atoms with Gasteiger partial charge in [-0.1, -0.05) is 0 Å². The van der Waals surface area contributed by atoms with Crippen molar-refractivity contribution in [2.45, 2.75) is 5.25 Å². The first-order valence-corrected chi connectivity index (χ1v) is 4.09. The molecule has 1 aliphatic heterocycles. The van der Waals surface area contributed by atoms with Gasteiger partial charge in [0.1, 0.15) is 16.9 Å². The molecule has 0 spiro atoms. The minimum atomic E-state index is -0.911. The topological polar surface area (TPSA) is 29.1 Å². The Morgan fingerprint density at radius 2 is 1.92 bits per heavy atom. The molecule has 1 heterocycles. The first-order chi connectivity index (χ1) is 6.11. The fraction of sp³-hybridized carbons (Fsp3) is 0.125. The van der Waals surface area contributed by atoms with Crippen molar-refractivity contribution < 1.29 is 13.6 Å². The van der Waals surface area contributed by atoms with Crippen molar-refractivity contribution in [2.24, 2.45) is 0 Å². The first kappa shape index (κ1) is 8.50. The lowest BCUT2D eigenvalue weighted by Gasteiger charge is -2.02. The molecule has 1 N–H and O–H groups in total. The number of carbonyl (C=O) groups is 1. The summed E-state index contributed by atoms with van der Waals surface area (Å²) in [5, 5.41) is 1.31. The van der Waals surface area contributed by atoms with E-state index in [9.17, 15) is 13.6 Å². The Balaban J connectivity index is 2.68. The smallest absolute Gasteiger partial charge is 0.242 e. The zero-order chi connectivity index (χ0) is 9.59. The van der Waals surface area contributed by atoms with Crippen molar-refractivity contribution in [3.8, 4) is 0 Å². The normalized spacial score (nSPS) is 19.9. The van der Waals surface area contributed by atoms with Crippen molar-refractivity contribution in [1.29, 1.82) is 0 Å². The molecule has 1 atom stereocenters. The zero-order valence-corrected chi connectivity index (χ0v) is 7.24. The van der Waals surface area contributed by atoms with Gasteiger partial charge in [-0.2, -0.15) is 12.6 Å². The van der Waals surface area contributed by atoms with Crippen molar-refractivity contribution in [1.82, 2.24) is 0 Å². The van der Waals surface area contributed by atoms with Crippen LogP contribution in [0.5, 0.6) is 0 Å². The summed E-state index contributed by atoms with van der Waals surface area (Å²) in [5.74, 6) is -1.75. The Morgan fingerprint density at radius 1 is 1.31 bits per heavy atom. The Kier molecular flexibility index (Phi) is 1.76. The molecule has 1 aromatic rings. The van der Waals surface area contributed by atoms with E-state index in [0.29, 0.717) is 0 Å². The molecule has 0 saturated carbocycles. The van der Waals surface area contributed by atoms with E-state index in [1.807, 2.05) is 0 Å². The van der Waals surface area contributed by atoms with Gasteiger partial charge in [0.15, 0.2) is 0 Å². The third-order valence-electron chi connectivity index (χ3n) is 1.91. The number of halogens is 2. The van der Waals surface area contributed by atoms with E-state index in [1.165, 1.54) is 0 Å². The molecule has 5 heteroatoms. The number of amides is 1. The van der Waals surface area contributed by atoms with Crippen LogP contribution in [0.2, 0.25) is 0 Å². The molecule has 2 rings (SSSR count). The molecule has 68 valence electrons. The van der Waals surface area contributed by atoms with Crippen molar-refractivity contribution >= 4 is 24.2 Å². The second-order valence-corrected chi connectivity index (χ2v) is 3.23. The van der Waals surface area contributed by atoms with Gasteiger partial charge in [0.05, 0.1) is 5.69 Å². The zero-order valence-electron chi connectivity index (χ0n) is 6.34. The van der Waals surface area contributed by atoms with E-state index in [0.717, 1.165) is 12.1 Å². The van der Waals surface area contributed by atoms with Crippen LogP contribution in [0.3, 0.4) is 0 Å². The predicted octanol–water partition coefficient (Wildman–Crippen LogP) is 1.89. The van der Waals surface area contributed by atoms with Gasteiger partial charge in [-0.3, -0.25) is 4.79 Å². The summed E-state index contributed by atoms with van der Waals surface area (Å²) in [6, 6.07) is 1.96. The summed E-state index contributed by atoms with van der Waals surface area (Å²) in [7, 11) is 0. The number of carbonyl (C=O) groups excluding carboxylic acids is 1. The highest BCUT2D eigenvalue weighted by Crippen LogP contribution is 2.38. The molecule has 1 unspecified atom stereocenters. The third kappa shape index (κ3) is 1.11. The molecule has 0 aromatic heterocycles. The molecule has 0 bridgehead atoms. The van der Waals surface area contributed by atoms with Crippen LogP contribution >= 0.6 is 12.6 Å². The van der Waals surface area contributed by atoms with Gasteiger partial charge in [0.25, 0.3) is 0 Å². The number of thiol groups is 1. The molecule has 2 nitrogen and oxygen atoms in total. The fourth-order valence-corrected chi connectivity index (χ4v) is 1.60. The van der Waals surface area contributed by atoms with E-state index in [-0.39, 0.29) is 11.3 Å². The molecular formula is C8H5F2NOS. The van der Waals surface area contributed by atoms with Crippen LogP contribution in [-0.2, 0) is 4.79 Å². The van der Waals surface area contributed by atoms with Crippen LogP contribution in [0.4, 0.5) is 14.5 Å². The van der Waals surface area contributed by atoms with Gasteiger partial charge in [-0.05, 0) is 12.1 Å². The van der Waals surface area contributed by atoms with Gasteiger partial charge in [-0.25, -0.2) is 8.78 Å². The van der Waals surface area contributed by atoms with E-state index < -0.39 is 22.8 Å². The number of hydrogen-bond acceptors (Lipinski definition) is 2. The van der Waals surface area contributed by atoms with Gasteiger partial charge < -0.3 is 5.32 Å². The van der Waals surface area contributed by atoms with Crippen LogP contribution < -0.4 is 5.32 Å². The Hall–Kier alpha value is -1.10. The van der Waals surface area contributed by atoms with E-state index in [1.54, 1.807) is 0 Å². The maximum absolute atomic E-state index is 13.1. The second kappa shape index (κ2) is 2.70. The number of nitrogens with one attached hydrogen (secondary N) is 1. The molecule has 0 fully saturated rings. The highest BCUT2D eigenvalue weighted by atomic mass is 32.1. The summed E-state index contributed by atoms with van der Waals surface area (Å²) in [6.45, 7) is 0. The van der Waals surface area contributed by atoms with Gasteiger partial charge >= 0.3 is 0 Å². The predicted molar refractivity (Wildman–Crippen MR) is 46.7 cm³/mol. The van der Waals surface area contributed by atoms with Crippen LogP contribution in [0.15, 0.2) is 12.1 Å². The number of rotatable bonds is 0. The lowest BCUT2D eigenvalue weighted by atomic mass is 10.1. The van der Waals surface area contributed by atoms with Crippen molar-refractivity contribution in [3.63, 3.8) is 0 Å². The molecule has 1 amide bonds. The number of fused-ring (bicyclic) bond motifs is 1. The molecule has 13 heavy (non-hydrogen) atoms. The van der Waals surface area contributed by atoms with Crippen LogP contribution in [0.1, 0.15) is 10.8 Å². The van der Waals surface area contributed by atoms with Gasteiger partial charge in [-0.15, -0.1) is 0 Å². The van der Waals surface area contributed by atoms with Crippen molar-refractivity contribution in [2.75, 3.05) is 5.32 Å². The average molecular weight is 201 g/mol. The quantitative estimate of drug-likeness (QED) is 0.616. The summed E-state index contributed by atoms with van der Waals surface area (Å²) in [6.07, 6.45) is 0. The SMILES string of the molecule is O=C1Nc2c(F)ccc(F)c2C1S. The molecule has 1 aliphatic rings. The largest absolute Gasteiger partial charge is 0.322 e.